The van der Waals surface area contributed by atoms with Crippen molar-refractivity contribution in [3.05, 3.63) is 33.2 Å². The SMILES string of the molecule is O=C(c1cn(C2CCNCC2)nn1)c1sccc1Cl. The minimum Gasteiger partial charge on any atom is -0.317 e. The number of nitrogens with zero attached hydrogens (tertiary/aromatic N) is 3. The van der Waals surface area contributed by atoms with Gasteiger partial charge in [0.15, 0.2) is 5.69 Å². The van der Waals surface area contributed by atoms with E-state index in [4.69, 9.17) is 11.6 Å². The van der Waals surface area contributed by atoms with Crippen LogP contribution in [0.25, 0.3) is 0 Å². The Labute approximate surface area is 119 Å². The summed E-state index contributed by atoms with van der Waals surface area (Å²) < 4.78 is 1.80. The number of carbonyl (C=O) groups is 1. The molecule has 0 bridgehead atoms. The summed E-state index contributed by atoms with van der Waals surface area (Å²) in [6, 6.07) is 2.05. The van der Waals surface area contributed by atoms with E-state index >= 15 is 0 Å². The van der Waals surface area contributed by atoms with E-state index in [0.29, 0.717) is 21.6 Å². The Morgan fingerprint density at radius 1 is 1.47 bits per heavy atom. The van der Waals surface area contributed by atoms with Crippen LogP contribution < -0.4 is 5.32 Å². The van der Waals surface area contributed by atoms with Crippen molar-refractivity contribution in [1.29, 1.82) is 0 Å². The molecule has 0 saturated carbocycles. The van der Waals surface area contributed by atoms with E-state index in [-0.39, 0.29) is 5.78 Å². The zero-order valence-electron chi connectivity index (χ0n) is 10.2. The van der Waals surface area contributed by atoms with E-state index in [1.54, 1.807) is 22.3 Å². The largest absolute Gasteiger partial charge is 0.317 e. The van der Waals surface area contributed by atoms with Gasteiger partial charge in [-0.3, -0.25) is 4.79 Å². The van der Waals surface area contributed by atoms with Crippen molar-refractivity contribution in [3.63, 3.8) is 0 Å². The number of ketones is 1. The average Bonchev–Trinajstić information content (AvgIpc) is 3.08. The molecule has 0 aromatic carbocycles. The zero-order valence-corrected chi connectivity index (χ0v) is 11.7. The number of aromatic nitrogens is 3. The normalized spacial score (nSPS) is 16.7. The summed E-state index contributed by atoms with van der Waals surface area (Å²) in [5, 5.41) is 13.6. The third kappa shape index (κ3) is 2.56. The number of hydrogen-bond donors (Lipinski definition) is 1. The summed E-state index contributed by atoms with van der Waals surface area (Å²) >= 11 is 7.30. The monoisotopic (exact) mass is 296 g/mol. The van der Waals surface area contributed by atoms with Crippen LogP contribution in [0.2, 0.25) is 5.02 Å². The molecule has 5 nitrogen and oxygen atoms in total. The molecule has 3 rings (SSSR count). The molecule has 1 fully saturated rings. The molecule has 0 spiro atoms. The summed E-state index contributed by atoms with van der Waals surface area (Å²) in [4.78, 5) is 12.7. The Morgan fingerprint density at radius 2 is 2.26 bits per heavy atom. The highest BCUT2D eigenvalue weighted by Crippen LogP contribution is 2.25. The molecule has 0 atom stereocenters. The fourth-order valence-corrected chi connectivity index (χ4v) is 3.29. The topological polar surface area (TPSA) is 59.8 Å². The molecule has 19 heavy (non-hydrogen) atoms. The molecular formula is C12H13ClN4OS. The molecule has 0 unspecified atom stereocenters. The van der Waals surface area contributed by atoms with E-state index in [2.05, 4.69) is 15.6 Å². The van der Waals surface area contributed by atoms with Gasteiger partial charge in [0.2, 0.25) is 5.78 Å². The number of piperidine rings is 1. The summed E-state index contributed by atoms with van der Waals surface area (Å²) in [6.07, 6.45) is 3.75. The third-order valence-electron chi connectivity index (χ3n) is 3.25. The molecular weight excluding hydrogens is 284 g/mol. The van der Waals surface area contributed by atoms with Crippen molar-refractivity contribution in [2.24, 2.45) is 0 Å². The second kappa shape index (κ2) is 5.40. The summed E-state index contributed by atoms with van der Waals surface area (Å²) in [5.74, 6) is -0.153. The number of nitrogens with one attached hydrogen (secondary N) is 1. The van der Waals surface area contributed by atoms with Crippen LogP contribution in [-0.2, 0) is 0 Å². The Bertz CT molecular complexity index is 588. The van der Waals surface area contributed by atoms with Gasteiger partial charge < -0.3 is 5.32 Å². The van der Waals surface area contributed by atoms with E-state index < -0.39 is 0 Å². The van der Waals surface area contributed by atoms with Crippen molar-refractivity contribution in [3.8, 4) is 0 Å². The highest BCUT2D eigenvalue weighted by Gasteiger charge is 2.21. The number of thiophene rings is 1. The lowest BCUT2D eigenvalue weighted by Gasteiger charge is -2.22. The van der Waals surface area contributed by atoms with E-state index in [0.717, 1.165) is 25.9 Å². The highest BCUT2D eigenvalue weighted by molar-refractivity contribution is 7.13. The van der Waals surface area contributed by atoms with Crippen molar-refractivity contribution in [2.45, 2.75) is 18.9 Å². The maximum Gasteiger partial charge on any atom is 0.226 e. The lowest BCUT2D eigenvalue weighted by atomic mass is 10.1. The van der Waals surface area contributed by atoms with Crippen molar-refractivity contribution in [2.75, 3.05) is 13.1 Å². The number of rotatable bonds is 3. The molecule has 0 amide bonds. The Balaban J connectivity index is 1.81. The van der Waals surface area contributed by atoms with Crippen LogP contribution in [0.4, 0.5) is 0 Å². The van der Waals surface area contributed by atoms with Gasteiger partial charge in [0.05, 0.1) is 22.1 Å². The first-order valence-electron chi connectivity index (χ1n) is 6.16. The fourth-order valence-electron chi connectivity index (χ4n) is 2.20. The highest BCUT2D eigenvalue weighted by atomic mass is 35.5. The standard InChI is InChI=1S/C12H13ClN4OS/c13-9-3-6-19-12(9)11(18)10-7-17(16-15-10)8-1-4-14-5-2-8/h3,6-8,14H,1-2,4-5H2. The maximum absolute atomic E-state index is 12.2. The van der Waals surface area contributed by atoms with Gasteiger partial charge in [-0.15, -0.1) is 16.4 Å². The predicted molar refractivity (Wildman–Crippen MR) is 73.9 cm³/mol. The molecule has 0 aliphatic carbocycles. The van der Waals surface area contributed by atoms with E-state index in [1.807, 2.05) is 0 Å². The fraction of sp³-hybridized carbons (Fsp3) is 0.417. The minimum atomic E-state index is -0.153. The lowest BCUT2D eigenvalue weighted by Crippen LogP contribution is -2.29. The first kappa shape index (κ1) is 12.8. The van der Waals surface area contributed by atoms with Crippen LogP contribution in [0, 0.1) is 0 Å². The summed E-state index contributed by atoms with van der Waals surface area (Å²) in [7, 11) is 0. The predicted octanol–water partition coefficient (Wildman–Crippen LogP) is 2.15. The molecule has 2 aromatic rings. The second-order valence-electron chi connectivity index (χ2n) is 4.49. The Hall–Kier alpha value is -1.24. The first-order valence-corrected chi connectivity index (χ1v) is 7.41. The van der Waals surface area contributed by atoms with Crippen molar-refractivity contribution in [1.82, 2.24) is 20.3 Å². The number of halogens is 1. The molecule has 2 aromatic heterocycles. The Morgan fingerprint density at radius 3 is 2.95 bits per heavy atom. The smallest absolute Gasteiger partial charge is 0.226 e. The van der Waals surface area contributed by atoms with Gasteiger partial charge >= 0.3 is 0 Å². The van der Waals surface area contributed by atoms with E-state index in [9.17, 15) is 4.79 Å². The lowest BCUT2D eigenvalue weighted by molar-refractivity contribution is 0.103. The molecule has 0 radical (unpaired) electrons. The van der Waals surface area contributed by atoms with Crippen molar-refractivity contribution < 1.29 is 4.79 Å². The Kier molecular flexibility index (Phi) is 3.63. The second-order valence-corrected chi connectivity index (χ2v) is 5.82. The van der Waals surface area contributed by atoms with Crippen molar-refractivity contribution >= 4 is 28.7 Å². The third-order valence-corrected chi connectivity index (χ3v) is 4.59. The molecule has 7 heteroatoms. The first-order chi connectivity index (χ1) is 9.25. The summed E-state index contributed by atoms with van der Waals surface area (Å²) in [6.45, 7) is 1.95. The molecule has 100 valence electrons. The van der Waals surface area contributed by atoms with E-state index in [1.165, 1.54) is 11.3 Å². The zero-order chi connectivity index (χ0) is 13.2. The van der Waals surface area contributed by atoms with Gasteiger partial charge in [0.25, 0.3) is 0 Å². The summed E-state index contributed by atoms with van der Waals surface area (Å²) in [5.41, 5.74) is 0.364. The van der Waals surface area contributed by atoms with Crippen LogP contribution >= 0.6 is 22.9 Å². The molecule has 1 N–H and O–H groups in total. The number of carbonyl (C=O) groups excluding carboxylic acids is 1. The van der Waals surface area contributed by atoms with Gasteiger partial charge in [-0.25, -0.2) is 4.68 Å². The molecule has 1 aliphatic rings. The molecule has 3 heterocycles. The number of hydrogen-bond acceptors (Lipinski definition) is 5. The van der Waals surface area contributed by atoms with Gasteiger partial charge in [0.1, 0.15) is 0 Å². The van der Waals surface area contributed by atoms with Crippen LogP contribution in [0.15, 0.2) is 17.6 Å². The average molecular weight is 297 g/mol. The van der Waals surface area contributed by atoms with Crippen LogP contribution in [0.3, 0.4) is 0 Å². The van der Waals surface area contributed by atoms with Crippen LogP contribution in [0.1, 0.15) is 34.2 Å². The molecule has 1 saturated heterocycles. The van der Waals surface area contributed by atoms with Crippen LogP contribution in [-0.4, -0.2) is 33.9 Å². The molecule has 1 aliphatic heterocycles. The van der Waals surface area contributed by atoms with Gasteiger partial charge in [0, 0.05) is 0 Å². The minimum absolute atomic E-state index is 0.153. The van der Waals surface area contributed by atoms with Gasteiger partial charge in [-0.1, -0.05) is 16.8 Å². The van der Waals surface area contributed by atoms with Crippen LogP contribution in [0.5, 0.6) is 0 Å². The van der Waals surface area contributed by atoms with Gasteiger partial charge in [-0.2, -0.15) is 0 Å². The maximum atomic E-state index is 12.2. The van der Waals surface area contributed by atoms with Gasteiger partial charge in [-0.05, 0) is 37.4 Å². The quantitative estimate of drug-likeness (QED) is 0.882.